The van der Waals surface area contributed by atoms with Gasteiger partial charge in [-0.25, -0.2) is 9.78 Å². The van der Waals surface area contributed by atoms with Crippen molar-refractivity contribution < 1.29 is 19.1 Å². The Balaban J connectivity index is 2.06. The molecule has 3 heterocycles. The first-order valence-electron chi connectivity index (χ1n) is 10.5. The summed E-state index contributed by atoms with van der Waals surface area (Å²) in [6.45, 7) is 7.42. The predicted octanol–water partition coefficient (Wildman–Crippen LogP) is 4.44. The van der Waals surface area contributed by atoms with Gasteiger partial charge in [-0.05, 0) is 37.5 Å². The van der Waals surface area contributed by atoms with Crippen molar-refractivity contribution in [3.05, 3.63) is 39.8 Å². The maximum Gasteiger partial charge on any atom is 0.356 e. The van der Waals surface area contributed by atoms with E-state index in [-0.39, 0.29) is 18.2 Å². The van der Waals surface area contributed by atoms with Crippen LogP contribution in [0, 0.1) is 12.8 Å². The molecule has 3 rings (SSSR count). The molecule has 32 heavy (non-hydrogen) atoms. The molecule has 3 aromatic rings. The monoisotopic (exact) mass is 458 g/mol. The van der Waals surface area contributed by atoms with Crippen molar-refractivity contribution >= 4 is 45.6 Å². The molecule has 8 nitrogen and oxygen atoms in total. The minimum atomic E-state index is -0.525. The van der Waals surface area contributed by atoms with Gasteiger partial charge in [-0.2, -0.15) is 0 Å². The van der Waals surface area contributed by atoms with Gasteiger partial charge < -0.3 is 24.7 Å². The van der Waals surface area contributed by atoms with Crippen molar-refractivity contribution in [1.82, 2.24) is 9.55 Å². The number of carbonyl (C=O) groups is 2. The highest BCUT2D eigenvalue weighted by Crippen LogP contribution is 2.33. The number of hydrogen-bond acceptors (Lipinski definition) is 7. The van der Waals surface area contributed by atoms with Crippen LogP contribution >= 0.6 is 11.3 Å². The van der Waals surface area contributed by atoms with Crippen LogP contribution in [-0.2, 0) is 27.4 Å². The SMILES string of the molecule is COCC(=O)Nc1c(C(=O)OC)n(CCC(C)C)c2ncc(NCc3ccc(C)s3)cc12. The Morgan fingerprint density at radius 1 is 1.25 bits per heavy atom. The van der Waals surface area contributed by atoms with Gasteiger partial charge in [0, 0.05) is 35.3 Å². The van der Waals surface area contributed by atoms with Crippen LogP contribution in [0.4, 0.5) is 11.4 Å². The van der Waals surface area contributed by atoms with E-state index >= 15 is 0 Å². The van der Waals surface area contributed by atoms with Crippen molar-refractivity contribution in [2.75, 3.05) is 31.5 Å². The Hall–Kier alpha value is -2.91. The van der Waals surface area contributed by atoms with Gasteiger partial charge in [-0.15, -0.1) is 11.3 Å². The number of fused-ring (bicyclic) bond motifs is 1. The number of rotatable bonds is 10. The fourth-order valence-electron chi connectivity index (χ4n) is 3.44. The molecule has 0 atom stereocenters. The molecular weight excluding hydrogens is 428 g/mol. The number of esters is 1. The number of anilines is 2. The minimum absolute atomic E-state index is 0.123. The summed E-state index contributed by atoms with van der Waals surface area (Å²) < 4.78 is 11.8. The molecule has 3 aromatic heterocycles. The van der Waals surface area contributed by atoms with Crippen LogP contribution in [0.25, 0.3) is 11.0 Å². The van der Waals surface area contributed by atoms with Gasteiger partial charge in [-0.1, -0.05) is 13.8 Å². The zero-order valence-electron chi connectivity index (χ0n) is 19.2. The first kappa shape index (κ1) is 23.7. The van der Waals surface area contributed by atoms with Crippen LogP contribution in [0.5, 0.6) is 0 Å². The maximum atomic E-state index is 12.7. The van der Waals surface area contributed by atoms with E-state index in [9.17, 15) is 9.59 Å². The number of carbonyl (C=O) groups excluding carboxylic acids is 2. The summed E-state index contributed by atoms with van der Waals surface area (Å²) in [5, 5.41) is 6.88. The average Bonchev–Trinajstić information content (AvgIpc) is 3.31. The molecule has 1 amide bonds. The molecule has 0 radical (unpaired) electrons. The Labute approximate surface area is 191 Å². The standard InChI is InChI=1S/C23H30N4O4S/c1-14(2)8-9-27-21(23(29)31-5)20(26-19(28)13-30-4)18-10-16(11-25-22(18)27)24-12-17-7-6-15(3)32-17/h6-7,10-11,14,24H,8-9,12-13H2,1-5H3,(H,26,28). The number of amides is 1. The number of hydrogen-bond donors (Lipinski definition) is 2. The van der Waals surface area contributed by atoms with Crippen LogP contribution < -0.4 is 10.6 Å². The first-order chi connectivity index (χ1) is 15.3. The van der Waals surface area contributed by atoms with Crippen molar-refractivity contribution in [3.8, 4) is 0 Å². The van der Waals surface area contributed by atoms with E-state index in [2.05, 4.69) is 48.5 Å². The molecule has 0 unspecified atom stereocenters. The third-order valence-corrected chi connectivity index (χ3v) is 6.01. The number of aryl methyl sites for hydroxylation is 2. The van der Waals surface area contributed by atoms with Gasteiger partial charge >= 0.3 is 5.97 Å². The Morgan fingerprint density at radius 3 is 2.66 bits per heavy atom. The van der Waals surface area contributed by atoms with Gasteiger partial charge in [0.25, 0.3) is 0 Å². The lowest BCUT2D eigenvalue weighted by molar-refractivity contribution is -0.119. The number of thiophene rings is 1. The highest BCUT2D eigenvalue weighted by molar-refractivity contribution is 7.11. The molecule has 0 saturated heterocycles. The topological polar surface area (TPSA) is 94.5 Å². The molecule has 0 aliphatic rings. The van der Waals surface area contributed by atoms with Crippen LogP contribution in [0.15, 0.2) is 24.4 Å². The quantitative estimate of drug-likeness (QED) is 0.436. The zero-order valence-corrected chi connectivity index (χ0v) is 20.0. The predicted molar refractivity (Wildman–Crippen MR) is 127 cm³/mol. The van der Waals surface area contributed by atoms with E-state index in [1.165, 1.54) is 24.0 Å². The molecule has 0 saturated carbocycles. The van der Waals surface area contributed by atoms with Crippen LogP contribution in [0.2, 0.25) is 0 Å². The number of nitrogens with zero attached hydrogens (tertiary/aromatic N) is 2. The second-order valence-corrected chi connectivity index (χ2v) is 9.36. The summed E-state index contributed by atoms with van der Waals surface area (Å²) in [6, 6.07) is 6.08. The highest BCUT2D eigenvalue weighted by atomic mass is 32.1. The average molecular weight is 459 g/mol. The summed E-state index contributed by atoms with van der Waals surface area (Å²) >= 11 is 1.73. The number of methoxy groups -OCH3 is 2. The smallest absolute Gasteiger partial charge is 0.356 e. The van der Waals surface area contributed by atoms with Crippen molar-refractivity contribution in [2.24, 2.45) is 5.92 Å². The molecule has 0 aliphatic heterocycles. The second kappa shape index (κ2) is 10.6. The summed E-state index contributed by atoms with van der Waals surface area (Å²) in [7, 11) is 2.78. The highest BCUT2D eigenvalue weighted by Gasteiger charge is 2.26. The van der Waals surface area contributed by atoms with Gasteiger partial charge in [0.2, 0.25) is 5.91 Å². The van der Waals surface area contributed by atoms with E-state index in [1.54, 1.807) is 17.5 Å². The van der Waals surface area contributed by atoms with Gasteiger partial charge in [0.15, 0.2) is 5.69 Å². The molecule has 0 spiro atoms. The van der Waals surface area contributed by atoms with Crippen molar-refractivity contribution in [2.45, 2.75) is 40.3 Å². The molecule has 0 aromatic carbocycles. The van der Waals surface area contributed by atoms with Crippen LogP contribution in [-0.4, -0.2) is 42.3 Å². The van der Waals surface area contributed by atoms with Crippen LogP contribution in [0.1, 0.15) is 40.5 Å². The van der Waals surface area contributed by atoms with E-state index < -0.39 is 5.97 Å². The molecular formula is C23H30N4O4S. The van der Waals surface area contributed by atoms with E-state index in [4.69, 9.17) is 9.47 Å². The third kappa shape index (κ3) is 5.46. The van der Waals surface area contributed by atoms with E-state index in [0.717, 1.165) is 12.1 Å². The van der Waals surface area contributed by atoms with Gasteiger partial charge in [0.1, 0.15) is 12.3 Å². The Morgan fingerprint density at radius 2 is 2.03 bits per heavy atom. The fraction of sp³-hybridized carbons (Fsp3) is 0.435. The van der Waals surface area contributed by atoms with E-state index in [0.29, 0.717) is 35.7 Å². The molecule has 0 fully saturated rings. The lowest BCUT2D eigenvalue weighted by Crippen LogP contribution is -2.20. The van der Waals surface area contributed by atoms with Crippen molar-refractivity contribution in [1.29, 1.82) is 0 Å². The van der Waals surface area contributed by atoms with Crippen molar-refractivity contribution in [3.63, 3.8) is 0 Å². The molecule has 172 valence electrons. The molecule has 0 bridgehead atoms. The summed E-state index contributed by atoms with van der Waals surface area (Å²) in [5.41, 5.74) is 2.09. The van der Waals surface area contributed by atoms with E-state index in [1.807, 2.05) is 10.6 Å². The summed E-state index contributed by atoms with van der Waals surface area (Å²) in [6.07, 6.45) is 2.59. The lowest BCUT2D eigenvalue weighted by atomic mass is 10.1. The number of nitrogens with one attached hydrogen (secondary N) is 2. The van der Waals surface area contributed by atoms with Crippen LogP contribution in [0.3, 0.4) is 0 Å². The largest absolute Gasteiger partial charge is 0.464 e. The van der Waals surface area contributed by atoms with Gasteiger partial charge in [-0.3, -0.25) is 4.79 Å². The Bertz CT molecular complexity index is 1100. The van der Waals surface area contributed by atoms with Gasteiger partial charge in [0.05, 0.1) is 24.7 Å². The summed E-state index contributed by atoms with van der Waals surface area (Å²) in [5.74, 6) is -0.448. The first-order valence-corrected chi connectivity index (χ1v) is 11.3. The minimum Gasteiger partial charge on any atom is -0.464 e. The zero-order chi connectivity index (χ0) is 23.3. The number of aromatic nitrogens is 2. The fourth-order valence-corrected chi connectivity index (χ4v) is 4.27. The number of pyridine rings is 1. The maximum absolute atomic E-state index is 12.7. The lowest BCUT2D eigenvalue weighted by Gasteiger charge is -2.12. The summed E-state index contributed by atoms with van der Waals surface area (Å²) in [4.78, 5) is 32.2. The third-order valence-electron chi connectivity index (χ3n) is 5.01. The second-order valence-electron chi connectivity index (χ2n) is 7.99. The Kier molecular flexibility index (Phi) is 7.87. The number of ether oxygens (including phenoxy) is 2. The normalized spacial score (nSPS) is 11.2. The molecule has 9 heteroatoms. The molecule has 0 aliphatic carbocycles. The molecule has 2 N–H and O–H groups in total.